The van der Waals surface area contributed by atoms with Gasteiger partial charge in [-0.15, -0.1) is 5.10 Å². The Balaban J connectivity index is 1.36. The van der Waals surface area contributed by atoms with Crippen LogP contribution in [-0.2, 0) is 36.4 Å². The van der Waals surface area contributed by atoms with Gasteiger partial charge in [-0.1, -0.05) is 35.9 Å². The molecule has 4 heterocycles. The molecule has 8 nitrogen and oxygen atoms in total. The summed E-state index contributed by atoms with van der Waals surface area (Å²) < 4.78 is 40.9. The van der Waals surface area contributed by atoms with Crippen molar-refractivity contribution < 1.29 is 17.3 Å². The van der Waals surface area contributed by atoms with Crippen LogP contribution in [0.3, 0.4) is 0 Å². The largest absolute Gasteiger partial charge is 0.494 e. The Hall–Kier alpha value is -3.43. The Labute approximate surface area is 223 Å². The summed E-state index contributed by atoms with van der Waals surface area (Å²) in [5, 5.41) is 8.94. The lowest BCUT2D eigenvalue weighted by Gasteiger charge is -2.28. The highest BCUT2D eigenvalue weighted by atomic mass is 32.2. The van der Waals surface area contributed by atoms with Gasteiger partial charge in [0.25, 0.3) is 0 Å². The van der Waals surface area contributed by atoms with Crippen molar-refractivity contribution in [1.29, 1.82) is 0 Å². The highest BCUT2D eigenvalue weighted by Crippen LogP contribution is 2.33. The minimum atomic E-state index is -3.91. The molecule has 0 spiro atoms. The van der Waals surface area contributed by atoms with Gasteiger partial charge in [0.15, 0.2) is 0 Å². The molecule has 0 amide bonds. The molecule has 38 heavy (non-hydrogen) atoms. The van der Waals surface area contributed by atoms with Crippen LogP contribution in [0.15, 0.2) is 48.5 Å². The summed E-state index contributed by atoms with van der Waals surface area (Å²) in [6.07, 6.45) is 4.86. The molecule has 9 bridgehead atoms. The third-order valence-corrected chi connectivity index (χ3v) is 8.91. The number of nitrogens with zero attached hydrogens (tertiary/aromatic N) is 4. The van der Waals surface area contributed by atoms with Crippen molar-refractivity contribution in [3.63, 3.8) is 0 Å². The summed E-state index contributed by atoms with van der Waals surface area (Å²) in [6, 6.07) is 15.9. The number of aromatic nitrogens is 3. The van der Waals surface area contributed by atoms with Crippen LogP contribution < -0.4 is 8.92 Å². The van der Waals surface area contributed by atoms with Crippen molar-refractivity contribution in [3.05, 3.63) is 81.9 Å². The zero-order valence-electron chi connectivity index (χ0n) is 21.8. The third kappa shape index (κ3) is 4.88. The number of ether oxygens (including phenoxy) is 1. The zero-order chi connectivity index (χ0) is 26.3. The van der Waals surface area contributed by atoms with Crippen molar-refractivity contribution in [1.82, 2.24) is 19.3 Å². The molecule has 1 unspecified atom stereocenters. The van der Waals surface area contributed by atoms with Crippen molar-refractivity contribution in [2.45, 2.75) is 65.6 Å². The first-order chi connectivity index (χ1) is 18.4. The second-order valence-electron chi connectivity index (χ2n) is 10.3. The van der Waals surface area contributed by atoms with Crippen molar-refractivity contribution >= 4 is 21.3 Å². The average molecular weight is 533 g/mol. The van der Waals surface area contributed by atoms with Gasteiger partial charge < -0.3 is 8.92 Å². The molecule has 9 heteroatoms. The van der Waals surface area contributed by atoms with E-state index in [1.54, 1.807) is 12.1 Å². The van der Waals surface area contributed by atoms with Gasteiger partial charge in [0.1, 0.15) is 17.0 Å². The Morgan fingerprint density at radius 1 is 0.868 bits per heavy atom. The molecule has 7 rings (SSSR count). The topological polar surface area (TPSA) is 86.5 Å². The van der Waals surface area contributed by atoms with Crippen LogP contribution in [-0.4, -0.2) is 34.3 Å². The maximum Gasteiger partial charge on any atom is 0.385 e. The first-order valence-corrected chi connectivity index (χ1v) is 14.6. The van der Waals surface area contributed by atoms with E-state index in [0.717, 1.165) is 83.2 Å². The quantitative estimate of drug-likeness (QED) is 0.308. The van der Waals surface area contributed by atoms with Crippen LogP contribution in [0.5, 0.6) is 11.5 Å². The molecule has 0 radical (unpaired) electrons. The lowest BCUT2D eigenvalue weighted by Crippen LogP contribution is -2.37. The molecular formula is C29H32N4O4S. The zero-order valence-corrected chi connectivity index (χ0v) is 22.6. The maximum atomic E-state index is 13.0. The summed E-state index contributed by atoms with van der Waals surface area (Å²) in [5.74, 6) is 1.10. The highest BCUT2D eigenvalue weighted by molar-refractivity contribution is 7.84. The maximum absolute atomic E-state index is 13.0. The van der Waals surface area contributed by atoms with Crippen molar-refractivity contribution in [2.24, 2.45) is 0 Å². The number of aryl methyl sites for hydroxylation is 3. The second-order valence-corrected chi connectivity index (χ2v) is 11.8. The molecule has 3 aromatic carbocycles. The van der Waals surface area contributed by atoms with Crippen LogP contribution >= 0.6 is 0 Å². The van der Waals surface area contributed by atoms with Gasteiger partial charge in [0.05, 0.1) is 12.1 Å². The fourth-order valence-corrected chi connectivity index (χ4v) is 6.40. The van der Waals surface area contributed by atoms with Gasteiger partial charge in [-0.25, -0.2) is 4.68 Å². The van der Waals surface area contributed by atoms with Crippen LogP contribution in [0.1, 0.15) is 59.1 Å². The Morgan fingerprint density at radius 3 is 2.61 bits per heavy atom. The smallest absolute Gasteiger partial charge is 0.385 e. The molecule has 198 valence electrons. The summed E-state index contributed by atoms with van der Waals surface area (Å²) >= 11 is 0. The number of hydrogen-bond acceptors (Lipinski definition) is 6. The molecule has 3 aliphatic heterocycles. The normalized spacial score (nSPS) is 19.5. The van der Waals surface area contributed by atoms with Gasteiger partial charge in [0, 0.05) is 25.2 Å². The average Bonchev–Trinajstić information content (AvgIpc) is 3.30. The fourth-order valence-electron chi connectivity index (χ4n) is 5.31. The molecule has 0 N–H and O–H groups in total. The first kappa shape index (κ1) is 24.9. The monoisotopic (exact) mass is 532 g/mol. The van der Waals surface area contributed by atoms with Crippen LogP contribution in [0, 0.1) is 13.8 Å². The molecule has 4 aromatic rings. The summed E-state index contributed by atoms with van der Waals surface area (Å²) in [6.45, 7) is 6.05. The standard InChI is InChI=1S/C29H32N4O4S/c1-20-7-8-22-15-23-9-11-27-29(21(23)2)30-31-33(27)13-5-3-4-6-14-36-26-10-12-28-25(17-26)19-32(18-24(20)16-22)38(34,35)37-28/h7-12,16-17H,3-6,13-15,18-19H2,1-2H3. The molecule has 1 aromatic heterocycles. The Bertz CT molecular complexity index is 1610. The van der Waals surface area contributed by atoms with Gasteiger partial charge >= 0.3 is 10.3 Å². The van der Waals surface area contributed by atoms with Gasteiger partial charge in [-0.05, 0) is 91.6 Å². The second kappa shape index (κ2) is 10.0. The molecule has 0 aliphatic carbocycles. The van der Waals surface area contributed by atoms with E-state index in [1.807, 2.05) is 17.7 Å². The number of benzene rings is 3. The molecular weight excluding hydrogens is 500 g/mol. The molecule has 0 saturated carbocycles. The van der Waals surface area contributed by atoms with Crippen LogP contribution in [0.2, 0.25) is 0 Å². The minimum absolute atomic E-state index is 0.235. The highest BCUT2D eigenvalue weighted by Gasteiger charge is 2.32. The predicted octanol–water partition coefficient (Wildman–Crippen LogP) is 5.23. The van der Waals surface area contributed by atoms with Crippen LogP contribution in [0.4, 0.5) is 0 Å². The predicted molar refractivity (Wildman–Crippen MR) is 145 cm³/mol. The minimum Gasteiger partial charge on any atom is -0.494 e. The first-order valence-electron chi connectivity index (χ1n) is 13.2. The van der Waals surface area contributed by atoms with E-state index < -0.39 is 10.3 Å². The number of rotatable bonds is 0. The summed E-state index contributed by atoms with van der Waals surface area (Å²) in [5.41, 5.74) is 8.26. The van der Waals surface area contributed by atoms with E-state index in [1.165, 1.54) is 9.87 Å². The van der Waals surface area contributed by atoms with Gasteiger partial charge in [0.2, 0.25) is 0 Å². The Kier molecular flexibility index (Phi) is 6.57. The van der Waals surface area contributed by atoms with Crippen LogP contribution in [0.25, 0.3) is 11.0 Å². The lowest BCUT2D eigenvalue weighted by molar-refractivity contribution is 0.298. The van der Waals surface area contributed by atoms with E-state index in [-0.39, 0.29) is 13.1 Å². The van der Waals surface area contributed by atoms with E-state index >= 15 is 0 Å². The molecule has 3 aliphatic rings. The van der Waals surface area contributed by atoms with Gasteiger partial charge in [-0.2, -0.15) is 12.7 Å². The van der Waals surface area contributed by atoms with E-state index in [9.17, 15) is 8.42 Å². The fraction of sp³-hybridized carbons (Fsp3) is 0.379. The number of hydrogen-bond donors (Lipinski definition) is 0. The molecule has 0 saturated heterocycles. The molecule has 1 atom stereocenters. The van der Waals surface area contributed by atoms with E-state index in [0.29, 0.717) is 12.4 Å². The summed E-state index contributed by atoms with van der Waals surface area (Å²) in [4.78, 5) is 0. The van der Waals surface area contributed by atoms with E-state index in [4.69, 9.17) is 8.92 Å². The third-order valence-electron chi connectivity index (χ3n) is 7.63. The van der Waals surface area contributed by atoms with Crippen molar-refractivity contribution in [3.8, 4) is 11.5 Å². The summed E-state index contributed by atoms with van der Waals surface area (Å²) in [7, 11) is -3.91. The molecule has 0 fully saturated rings. The lowest BCUT2D eigenvalue weighted by atomic mass is 9.96. The van der Waals surface area contributed by atoms with Gasteiger partial charge in [-0.3, -0.25) is 0 Å². The Morgan fingerprint density at radius 2 is 1.71 bits per heavy atom. The number of fused-ring (bicyclic) bond motifs is 7. The van der Waals surface area contributed by atoms with E-state index in [2.05, 4.69) is 47.6 Å². The SMILES string of the molecule is Cc1ccc2cc1CN1Cc3cc(ccc3OS1(=O)=O)OCCCCCCn1nnc3c(C)c(ccc31)C2. The van der Waals surface area contributed by atoms with Crippen molar-refractivity contribution in [2.75, 3.05) is 6.61 Å².